The molecule has 0 saturated carbocycles. The van der Waals surface area contributed by atoms with Crippen LogP contribution in [0.25, 0.3) is 0 Å². The van der Waals surface area contributed by atoms with Gasteiger partial charge in [-0.05, 0) is 36.4 Å². The Kier molecular flexibility index (Phi) is 5.23. The molecular formula is C18H17N5O3. The number of rotatable bonds is 6. The van der Waals surface area contributed by atoms with Crippen LogP contribution in [0.4, 0.5) is 17.2 Å². The highest BCUT2D eigenvalue weighted by Gasteiger charge is 2.09. The van der Waals surface area contributed by atoms with Crippen LogP contribution in [0.1, 0.15) is 23.2 Å². The van der Waals surface area contributed by atoms with Gasteiger partial charge in [0.2, 0.25) is 5.91 Å². The predicted molar refractivity (Wildman–Crippen MR) is 95.9 cm³/mol. The Labute approximate surface area is 149 Å². The summed E-state index contributed by atoms with van der Waals surface area (Å²) in [6.07, 6.45) is 2.86. The molecule has 8 heteroatoms. The highest BCUT2D eigenvalue weighted by Crippen LogP contribution is 2.17. The minimum absolute atomic E-state index is 0.133. The second kappa shape index (κ2) is 7.93. The standard InChI is InChI=1S/C18H17N5O3/c1-12(24)22-13-4-6-14(7-5-13)23-17-9-16(20-11-21-17)18(25)19-10-15-3-2-8-26-15/h2-9,11H,10H2,1H3,(H,19,25)(H,22,24)(H,20,21,23). The van der Waals surface area contributed by atoms with Gasteiger partial charge in [-0.25, -0.2) is 9.97 Å². The van der Waals surface area contributed by atoms with Gasteiger partial charge in [0.1, 0.15) is 23.6 Å². The number of hydrogen-bond donors (Lipinski definition) is 3. The van der Waals surface area contributed by atoms with Crippen LogP contribution in [-0.2, 0) is 11.3 Å². The predicted octanol–water partition coefficient (Wildman–Crippen LogP) is 2.70. The molecule has 26 heavy (non-hydrogen) atoms. The molecule has 0 fully saturated rings. The van der Waals surface area contributed by atoms with Gasteiger partial charge in [0.05, 0.1) is 12.8 Å². The number of nitrogens with zero attached hydrogens (tertiary/aromatic N) is 2. The van der Waals surface area contributed by atoms with E-state index < -0.39 is 0 Å². The largest absolute Gasteiger partial charge is 0.467 e. The molecule has 2 amide bonds. The summed E-state index contributed by atoms with van der Waals surface area (Å²) in [5.74, 6) is 0.681. The molecule has 0 radical (unpaired) electrons. The lowest BCUT2D eigenvalue weighted by Crippen LogP contribution is -2.23. The van der Waals surface area contributed by atoms with Crippen molar-refractivity contribution in [2.75, 3.05) is 10.6 Å². The lowest BCUT2D eigenvalue weighted by atomic mass is 10.2. The number of benzene rings is 1. The fourth-order valence-electron chi connectivity index (χ4n) is 2.21. The fourth-order valence-corrected chi connectivity index (χ4v) is 2.21. The maximum Gasteiger partial charge on any atom is 0.270 e. The first kappa shape index (κ1) is 17.2. The summed E-state index contributed by atoms with van der Waals surface area (Å²) in [4.78, 5) is 31.3. The van der Waals surface area contributed by atoms with Crippen LogP contribution in [0.15, 0.2) is 59.5 Å². The molecule has 2 aromatic heterocycles. The summed E-state index contributed by atoms with van der Waals surface area (Å²) < 4.78 is 5.17. The summed E-state index contributed by atoms with van der Waals surface area (Å²) in [5.41, 5.74) is 1.70. The molecule has 0 bridgehead atoms. The summed E-state index contributed by atoms with van der Waals surface area (Å²) in [6, 6.07) is 12.2. The Hall–Kier alpha value is -3.68. The van der Waals surface area contributed by atoms with Crippen molar-refractivity contribution in [3.05, 3.63) is 66.5 Å². The van der Waals surface area contributed by atoms with Crippen LogP contribution >= 0.6 is 0 Å². The lowest BCUT2D eigenvalue weighted by Gasteiger charge is -2.08. The van der Waals surface area contributed by atoms with E-state index in [1.54, 1.807) is 48.7 Å². The molecule has 0 aliphatic rings. The van der Waals surface area contributed by atoms with Crippen molar-refractivity contribution >= 4 is 29.0 Å². The van der Waals surface area contributed by atoms with Crippen LogP contribution in [-0.4, -0.2) is 21.8 Å². The first-order valence-corrected chi connectivity index (χ1v) is 7.87. The molecule has 0 aliphatic heterocycles. The molecule has 0 atom stereocenters. The molecule has 132 valence electrons. The Balaban J connectivity index is 1.63. The van der Waals surface area contributed by atoms with E-state index in [4.69, 9.17) is 4.42 Å². The Morgan fingerprint density at radius 2 is 1.85 bits per heavy atom. The molecule has 8 nitrogen and oxygen atoms in total. The SMILES string of the molecule is CC(=O)Nc1ccc(Nc2cc(C(=O)NCc3ccco3)ncn2)cc1. The Bertz CT molecular complexity index is 891. The number of carbonyl (C=O) groups is 2. The molecule has 3 N–H and O–H groups in total. The van der Waals surface area contributed by atoms with Gasteiger partial charge in [-0.15, -0.1) is 0 Å². The molecule has 0 saturated heterocycles. The van der Waals surface area contributed by atoms with Crippen molar-refractivity contribution in [3.63, 3.8) is 0 Å². The molecule has 0 aliphatic carbocycles. The number of anilines is 3. The quantitative estimate of drug-likeness (QED) is 0.630. The maximum atomic E-state index is 12.2. The van der Waals surface area contributed by atoms with Gasteiger partial charge < -0.3 is 20.4 Å². The number of amides is 2. The number of furan rings is 1. The van der Waals surface area contributed by atoms with E-state index in [0.717, 1.165) is 5.69 Å². The minimum atomic E-state index is -0.326. The van der Waals surface area contributed by atoms with Crippen molar-refractivity contribution in [2.24, 2.45) is 0 Å². The summed E-state index contributed by atoms with van der Waals surface area (Å²) in [7, 11) is 0. The highest BCUT2D eigenvalue weighted by molar-refractivity contribution is 5.93. The average Bonchev–Trinajstić information content (AvgIpc) is 3.15. The average molecular weight is 351 g/mol. The molecular weight excluding hydrogens is 334 g/mol. The van der Waals surface area contributed by atoms with Gasteiger partial charge in [-0.1, -0.05) is 0 Å². The molecule has 2 heterocycles. The molecule has 1 aromatic carbocycles. The van der Waals surface area contributed by atoms with Crippen LogP contribution in [0.2, 0.25) is 0 Å². The second-order valence-electron chi connectivity index (χ2n) is 5.43. The molecule has 3 aromatic rings. The number of carbonyl (C=O) groups excluding carboxylic acids is 2. The fraction of sp³-hybridized carbons (Fsp3) is 0.111. The molecule has 0 unspecified atom stereocenters. The molecule has 0 spiro atoms. The van der Waals surface area contributed by atoms with Gasteiger partial charge >= 0.3 is 0 Å². The Morgan fingerprint density at radius 1 is 1.08 bits per heavy atom. The zero-order valence-electron chi connectivity index (χ0n) is 14.0. The summed E-state index contributed by atoms with van der Waals surface area (Å²) in [5, 5.41) is 8.51. The van der Waals surface area contributed by atoms with Crippen molar-refractivity contribution < 1.29 is 14.0 Å². The second-order valence-corrected chi connectivity index (χ2v) is 5.43. The van der Waals surface area contributed by atoms with Gasteiger partial charge in [0.25, 0.3) is 5.91 Å². The first-order chi connectivity index (χ1) is 12.6. The van der Waals surface area contributed by atoms with E-state index in [-0.39, 0.29) is 24.1 Å². The van der Waals surface area contributed by atoms with Crippen LogP contribution < -0.4 is 16.0 Å². The van der Waals surface area contributed by atoms with Gasteiger partial charge in [0.15, 0.2) is 0 Å². The lowest BCUT2D eigenvalue weighted by molar-refractivity contribution is -0.114. The van der Waals surface area contributed by atoms with Gasteiger partial charge in [0, 0.05) is 24.4 Å². The topological polar surface area (TPSA) is 109 Å². The van der Waals surface area contributed by atoms with E-state index in [0.29, 0.717) is 17.3 Å². The smallest absolute Gasteiger partial charge is 0.270 e. The van der Waals surface area contributed by atoms with E-state index in [1.807, 2.05) is 0 Å². The van der Waals surface area contributed by atoms with E-state index in [9.17, 15) is 9.59 Å². The minimum Gasteiger partial charge on any atom is -0.467 e. The van der Waals surface area contributed by atoms with Gasteiger partial charge in [-0.2, -0.15) is 0 Å². The molecule has 3 rings (SSSR count). The van der Waals surface area contributed by atoms with Crippen LogP contribution in [0.3, 0.4) is 0 Å². The van der Waals surface area contributed by atoms with Crippen LogP contribution in [0, 0.1) is 0 Å². The van der Waals surface area contributed by atoms with Gasteiger partial charge in [-0.3, -0.25) is 9.59 Å². The third kappa shape index (κ3) is 4.67. The third-order valence-electron chi connectivity index (χ3n) is 3.38. The Morgan fingerprint density at radius 3 is 2.54 bits per heavy atom. The van der Waals surface area contributed by atoms with Crippen molar-refractivity contribution in [1.29, 1.82) is 0 Å². The van der Waals surface area contributed by atoms with Crippen molar-refractivity contribution in [1.82, 2.24) is 15.3 Å². The van der Waals surface area contributed by atoms with E-state index in [2.05, 4.69) is 25.9 Å². The number of nitrogens with one attached hydrogen (secondary N) is 3. The third-order valence-corrected chi connectivity index (χ3v) is 3.38. The maximum absolute atomic E-state index is 12.2. The van der Waals surface area contributed by atoms with E-state index >= 15 is 0 Å². The van der Waals surface area contributed by atoms with Crippen molar-refractivity contribution in [3.8, 4) is 0 Å². The summed E-state index contributed by atoms with van der Waals surface area (Å²) in [6.45, 7) is 1.73. The number of aromatic nitrogens is 2. The highest BCUT2D eigenvalue weighted by atomic mass is 16.3. The normalized spacial score (nSPS) is 10.2. The first-order valence-electron chi connectivity index (χ1n) is 7.87. The summed E-state index contributed by atoms with van der Waals surface area (Å²) >= 11 is 0. The monoisotopic (exact) mass is 351 g/mol. The van der Waals surface area contributed by atoms with Crippen molar-refractivity contribution in [2.45, 2.75) is 13.5 Å². The van der Waals surface area contributed by atoms with E-state index in [1.165, 1.54) is 13.3 Å². The number of hydrogen-bond acceptors (Lipinski definition) is 6. The zero-order valence-corrected chi connectivity index (χ0v) is 14.0. The van der Waals surface area contributed by atoms with Crippen LogP contribution in [0.5, 0.6) is 0 Å². The zero-order chi connectivity index (χ0) is 18.4.